The Morgan fingerprint density at radius 3 is 2.61 bits per heavy atom. The summed E-state index contributed by atoms with van der Waals surface area (Å²) in [6.07, 6.45) is 0. The first kappa shape index (κ1) is 22.0. The van der Waals surface area contributed by atoms with Crippen LogP contribution in [-0.2, 0) is 9.53 Å². The summed E-state index contributed by atoms with van der Waals surface area (Å²) in [6, 6.07) is 11.6. The number of benzene rings is 2. The molecule has 0 fully saturated rings. The van der Waals surface area contributed by atoms with Gasteiger partial charge in [0.15, 0.2) is 6.61 Å². The maximum Gasteiger partial charge on any atom is 0.349 e. The van der Waals surface area contributed by atoms with Gasteiger partial charge >= 0.3 is 11.6 Å². The Kier molecular flexibility index (Phi) is 7.04. The zero-order valence-corrected chi connectivity index (χ0v) is 17.5. The molecule has 0 unspecified atom stereocenters. The van der Waals surface area contributed by atoms with Crippen LogP contribution in [0.5, 0.6) is 11.5 Å². The van der Waals surface area contributed by atoms with E-state index >= 15 is 0 Å². The highest BCUT2D eigenvalue weighted by atomic mass is 16.6. The lowest BCUT2D eigenvalue weighted by Crippen LogP contribution is -2.30. The molecule has 0 saturated carbocycles. The number of hydrogen-bond acceptors (Lipinski definition) is 7. The Morgan fingerprint density at radius 2 is 1.87 bits per heavy atom. The third kappa shape index (κ3) is 5.70. The zero-order chi connectivity index (χ0) is 22.4. The van der Waals surface area contributed by atoms with Crippen LogP contribution in [0.4, 0.5) is 0 Å². The first-order chi connectivity index (χ1) is 14.9. The predicted octanol–water partition coefficient (Wildman–Crippen LogP) is 2.77. The van der Waals surface area contributed by atoms with E-state index in [0.29, 0.717) is 17.7 Å². The van der Waals surface area contributed by atoms with E-state index in [1.807, 2.05) is 26.0 Å². The SMILES string of the molecule is COCCNC(=O)c1cc2ccc(OC(=O)COc3ccc(C)cc3C)cc2oc1=O. The molecule has 1 heterocycles. The van der Waals surface area contributed by atoms with Crippen molar-refractivity contribution in [3.8, 4) is 11.5 Å². The third-order valence-electron chi connectivity index (χ3n) is 4.45. The summed E-state index contributed by atoms with van der Waals surface area (Å²) in [7, 11) is 1.51. The van der Waals surface area contributed by atoms with Crippen LogP contribution < -0.4 is 20.4 Å². The lowest BCUT2D eigenvalue weighted by Gasteiger charge is -2.10. The number of aryl methyl sites for hydroxylation is 2. The molecule has 0 spiro atoms. The van der Waals surface area contributed by atoms with Gasteiger partial charge in [-0.25, -0.2) is 9.59 Å². The number of ether oxygens (including phenoxy) is 3. The molecule has 0 bridgehead atoms. The summed E-state index contributed by atoms with van der Waals surface area (Å²) >= 11 is 0. The molecule has 2 aromatic carbocycles. The second kappa shape index (κ2) is 9.90. The number of nitrogens with one attached hydrogen (secondary N) is 1. The van der Waals surface area contributed by atoms with Crippen LogP contribution in [0.1, 0.15) is 21.5 Å². The van der Waals surface area contributed by atoms with Gasteiger partial charge in [-0.15, -0.1) is 0 Å². The summed E-state index contributed by atoms with van der Waals surface area (Å²) in [6.45, 7) is 4.19. The van der Waals surface area contributed by atoms with Crippen molar-refractivity contribution < 1.29 is 28.2 Å². The van der Waals surface area contributed by atoms with Gasteiger partial charge in [-0.2, -0.15) is 0 Å². The van der Waals surface area contributed by atoms with Crippen molar-refractivity contribution in [1.82, 2.24) is 5.32 Å². The van der Waals surface area contributed by atoms with Crippen LogP contribution in [0.15, 0.2) is 51.7 Å². The van der Waals surface area contributed by atoms with E-state index in [0.717, 1.165) is 11.1 Å². The van der Waals surface area contributed by atoms with E-state index in [4.69, 9.17) is 18.6 Å². The van der Waals surface area contributed by atoms with Gasteiger partial charge in [0.1, 0.15) is 22.6 Å². The second-order valence-corrected chi connectivity index (χ2v) is 6.93. The van der Waals surface area contributed by atoms with Crippen molar-refractivity contribution in [2.75, 3.05) is 26.9 Å². The van der Waals surface area contributed by atoms with Crippen molar-refractivity contribution in [1.29, 1.82) is 0 Å². The smallest absolute Gasteiger partial charge is 0.349 e. The molecule has 0 atom stereocenters. The van der Waals surface area contributed by atoms with Crippen molar-refractivity contribution in [2.45, 2.75) is 13.8 Å². The second-order valence-electron chi connectivity index (χ2n) is 6.93. The van der Waals surface area contributed by atoms with E-state index in [1.54, 1.807) is 18.2 Å². The molecule has 31 heavy (non-hydrogen) atoms. The average molecular weight is 425 g/mol. The van der Waals surface area contributed by atoms with Crippen molar-refractivity contribution in [3.05, 3.63) is 69.6 Å². The van der Waals surface area contributed by atoms with E-state index < -0.39 is 17.5 Å². The normalized spacial score (nSPS) is 10.7. The lowest BCUT2D eigenvalue weighted by atomic mass is 10.1. The Balaban J connectivity index is 1.67. The Hall–Kier alpha value is -3.65. The van der Waals surface area contributed by atoms with Gasteiger partial charge in [0.2, 0.25) is 0 Å². The molecule has 8 nitrogen and oxygen atoms in total. The van der Waals surface area contributed by atoms with Crippen LogP contribution in [0.3, 0.4) is 0 Å². The topological polar surface area (TPSA) is 104 Å². The quantitative estimate of drug-likeness (QED) is 0.256. The highest BCUT2D eigenvalue weighted by Gasteiger charge is 2.15. The van der Waals surface area contributed by atoms with Crippen molar-refractivity contribution in [2.24, 2.45) is 0 Å². The van der Waals surface area contributed by atoms with Gasteiger partial charge in [-0.05, 0) is 43.7 Å². The molecular weight excluding hydrogens is 402 g/mol. The molecule has 0 aliphatic carbocycles. The van der Waals surface area contributed by atoms with Gasteiger partial charge < -0.3 is 23.9 Å². The molecule has 3 rings (SSSR count). The maximum atomic E-state index is 12.2. The molecule has 0 aliphatic heterocycles. The average Bonchev–Trinajstić information content (AvgIpc) is 2.72. The number of rotatable bonds is 8. The first-order valence-electron chi connectivity index (χ1n) is 9.63. The summed E-state index contributed by atoms with van der Waals surface area (Å²) < 4.78 is 20.9. The van der Waals surface area contributed by atoms with Gasteiger partial charge in [0.05, 0.1) is 6.61 Å². The molecule has 1 aromatic heterocycles. The standard InChI is InChI=1S/C23H23NO7/c1-14-4-7-19(15(2)10-14)29-13-21(25)30-17-6-5-16-11-18(22(26)24-8-9-28-3)23(27)31-20(16)12-17/h4-7,10-12H,8-9,13H2,1-3H3,(H,24,26). The minimum Gasteiger partial charge on any atom is -0.482 e. The minimum atomic E-state index is -0.788. The zero-order valence-electron chi connectivity index (χ0n) is 17.5. The summed E-state index contributed by atoms with van der Waals surface area (Å²) in [5.41, 5.74) is 1.31. The predicted molar refractivity (Wildman–Crippen MR) is 114 cm³/mol. The number of fused-ring (bicyclic) bond motifs is 1. The molecule has 3 aromatic rings. The van der Waals surface area contributed by atoms with Crippen LogP contribution in [-0.4, -0.2) is 38.7 Å². The largest absolute Gasteiger partial charge is 0.482 e. The third-order valence-corrected chi connectivity index (χ3v) is 4.45. The van der Waals surface area contributed by atoms with Crippen LogP contribution >= 0.6 is 0 Å². The molecule has 0 aliphatic rings. The molecule has 162 valence electrons. The number of esters is 1. The fourth-order valence-electron chi connectivity index (χ4n) is 2.93. The summed E-state index contributed by atoms with van der Waals surface area (Å²) in [5, 5.41) is 3.09. The number of carbonyl (C=O) groups is 2. The molecule has 0 radical (unpaired) electrons. The monoisotopic (exact) mass is 425 g/mol. The molecule has 0 saturated heterocycles. The Morgan fingerprint density at radius 1 is 1.06 bits per heavy atom. The highest BCUT2D eigenvalue weighted by molar-refractivity contribution is 5.96. The summed E-state index contributed by atoms with van der Waals surface area (Å²) in [5.74, 6) is -0.354. The number of methoxy groups -OCH3 is 1. The molecule has 1 amide bonds. The number of carbonyl (C=O) groups excluding carboxylic acids is 2. The van der Waals surface area contributed by atoms with Crippen LogP contribution in [0.25, 0.3) is 11.0 Å². The number of hydrogen-bond donors (Lipinski definition) is 1. The lowest BCUT2D eigenvalue weighted by molar-refractivity contribution is -0.136. The molecule has 1 N–H and O–H groups in total. The van der Waals surface area contributed by atoms with E-state index in [1.165, 1.54) is 19.2 Å². The van der Waals surface area contributed by atoms with E-state index in [2.05, 4.69) is 5.32 Å². The Labute approximate surface area is 178 Å². The summed E-state index contributed by atoms with van der Waals surface area (Å²) in [4.78, 5) is 36.4. The molecular formula is C23H23NO7. The van der Waals surface area contributed by atoms with Gasteiger partial charge in [0.25, 0.3) is 5.91 Å². The van der Waals surface area contributed by atoms with E-state index in [-0.39, 0.29) is 30.0 Å². The Bertz CT molecular complexity index is 1170. The van der Waals surface area contributed by atoms with Gasteiger partial charge in [-0.3, -0.25) is 4.79 Å². The highest BCUT2D eigenvalue weighted by Crippen LogP contribution is 2.22. The fraction of sp³-hybridized carbons (Fsp3) is 0.261. The van der Waals surface area contributed by atoms with Crippen LogP contribution in [0.2, 0.25) is 0 Å². The van der Waals surface area contributed by atoms with Crippen molar-refractivity contribution >= 4 is 22.8 Å². The van der Waals surface area contributed by atoms with Gasteiger partial charge in [-0.1, -0.05) is 17.7 Å². The maximum absolute atomic E-state index is 12.2. The van der Waals surface area contributed by atoms with Crippen molar-refractivity contribution in [3.63, 3.8) is 0 Å². The van der Waals surface area contributed by atoms with Crippen LogP contribution in [0, 0.1) is 13.8 Å². The molecule has 8 heteroatoms. The minimum absolute atomic E-state index is 0.116. The first-order valence-corrected chi connectivity index (χ1v) is 9.63. The fourth-order valence-corrected chi connectivity index (χ4v) is 2.93. The number of amides is 1. The van der Waals surface area contributed by atoms with Gasteiger partial charge in [0, 0.05) is 25.1 Å². The van der Waals surface area contributed by atoms with E-state index in [9.17, 15) is 14.4 Å².